The summed E-state index contributed by atoms with van der Waals surface area (Å²) in [5.74, 6) is 0.447. The predicted octanol–water partition coefficient (Wildman–Crippen LogP) is 3.00. The van der Waals surface area contributed by atoms with Crippen LogP contribution in [0.25, 0.3) is 0 Å². The number of rotatable bonds is 9. The Balaban J connectivity index is 1.57. The highest BCUT2D eigenvalue weighted by molar-refractivity contribution is 6.01. The molecule has 3 rings (SSSR count). The minimum atomic E-state index is -1.13. The monoisotopic (exact) mass is 419 g/mol. The quantitative estimate of drug-likeness (QED) is 0.424. The van der Waals surface area contributed by atoms with Crippen LogP contribution in [-0.4, -0.2) is 17.6 Å². The van der Waals surface area contributed by atoms with Crippen LogP contribution in [-0.2, 0) is 17.8 Å². The number of hydrogen-bond acceptors (Lipinski definition) is 6. The van der Waals surface area contributed by atoms with Gasteiger partial charge in [-0.05, 0) is 56.2 Å². The van der Waals surface area contributed by atoms with Gasteiger partial charge in [0.25, 0.3) is 5.91 Å². The summed E-state index contributed by atoms with van der Waals surface area (Å²) < 4.78 is 11.2. The molecule has 1 heterocycles. The summed E-state index contributed by atoms with van der Waals surface area (Å²) in [5, 5.41) is 14.7. The first-order valence-electron chi connectivity index (χ1n) is 9.83. The number of nitrogens with one attached hydrogen (secondary N) is 1. The van der Waals surface area contributed by atoms with Crippen LogP contribution in [0.4, 0.5) is 0 Å². The predicted molar refractivity (Wildman–Crippen MR) is 114 cm³/mol. The molecule has 0 atom stereocenters. The average molecular weight is 419 g/mol. The van der Waals surface area contributed by atoms with Crippen LogP contribution < -0.4 is 15.3 Å². The molecule has 160 valence electrons. The third kappa shape index (κ3) is 6.30. The van der Waals surface area contributed by atoms with E-state index in [9.17, 15) is 14.7 Å². The smallest absolute Gasteiger partial charge is 0.271 e. The van der Waals surface area contributed by atoms with Crippen LogP contribution >= 0.6 is 0 Å². The Morgan fingerprint density at radius 1 is 1.10 bits per heavy atom. The highest BCUT2D eigenvalue weighted by Gasteiger charge is 2.11. The van der Waals surface area contributed by atoms with Crippen molar-refractivity contribution in [3.8, 4) is 5.75 Å². The maximum atomic E-state index is 12.4. The van der Waals surface area contributed by atoms with Gasteiger partial charge in [-0.15, -0.1) is 0 Å². The maximum Gasteiger partial charge on any atom is 0.271 e. The molecule has 3 aromatic rings. The molecule has 0 aliphatic carbocycles. The van der Waals surface area contributed by atoms with Crippen molar-refractivity contribution in [2.24, 2.45) is 5.10 Å². The van der Waals surface area contributed by atoms with Crippen LogP contribution in [0.2, 0.25) is 0 Å². The summed E-state index contributed by atoms with van der Waals surface area (Å²) in [6.45, 7) is 3.91. The van der Waals surface area contributed by atoms with Crippen molar-refractivity contribution in [1.29, 1.82) is 0 Å². The van der Waals surface area contributed by atoms with E-state index in [2.05, 4.69) is 10.5 Å². The Morgan fingerprint density at radius 3 is 2.48 bits per heavy atom. The van der Waals surface area contributed by atoms with E-state index in [4.69, 9.17) is 9.15 Å². The van der Waals surface area contributed by atoms with E-state index in [1.54, 1.807) is 32.0 Å². The highest BCUT2D eigenvalue weighted by Crippen LogP contribution is 2.17. The van der Waals surface area contributed by atoms with E-state index in [0.717, 1.165) is 11.3 Å². The van der Waals surface area contributed by atoms with Gasteiger partial charge < -0.3 is 19.1 Å². The molecule has 0 saturated heterocycles. The van der Waals surface area contributed by atoms with Crippen molar-refractivity contribution in [3.63, 3.8) is 0 Å². The molecule has 0 fully saturated rings. The first-order valence-corrected chi connectivity index (χ1v) is 9.83. The van der Waals surface area contributed by atoms with Gasteiger partial charge in [0.15, 0.2) is 0 Å². The van der Waals surface area contributed by atoms with Crippen molar-refractivity contribution in [2.45, 2.75) is 33.3 Å². The molecular formula is C24H23N2O5-. The number of carbonyl (C=O) groups excluding carboxylic acids is 2. The number of amides is 1. The van der Waals surface area contributed by atoms with Gasteiger partial charge >= 0.3 is 0 Å². The Kier molecular flexibility index (Phi) is 7.22. The molecular weight excluding hydrogens is 396 g/mol. The zero-order chi connectivity index (χ0) is 22.2. The van der Waals surface area contributed by atoms with E-state index >= 15 is 0 Å². The minimum Gasteiger partial charge on any atom is -0.550 e. The van der Waals surface area contributed by atoms with Gasteiger partial charge in [0.1, 0.15) is 23.9 Å². The van der Waals surface area contributed by atoms with Gasteiger partial charge in [-0.3, -0.25) is 4.79 Å². The van der Waals surface area contributed by atoms with E-state index in [0.29, 0.717) is 35.0 Å². The van der Waals surface area contributed by atoms with Crippen LogP contribution in [0.1, 0.15) is 46.3 Å². The fourth-order valence-electron chi connectivity index (χ4n) is 2.95. The third-order valence-corrected chi connectivity index (χ3v) is 4.62. The first-order chi connectivity index (χ1) is 14.9. The second-order valence-electron chi connectivity index (χ2n) is 6.99. The summed E-state index contributed by atoms with van der Waals surface area (Å²) in [6.07, 6.45) is 0.120. The van der Waals surface area contributed by atoms with Gasteiger partial charge in [-0.1, -0.05) is 30.3 Å². The second kappa shape index (κ2) is 10.2. The van der Waals surface area contributed by atoms with E-state index in [1.165, 1.54) is 0 Å². The lowest BCUT2D eigenvalue weighted by Gasteiger charge is -2.07. The highest BCUT2D eigenvalue weighted by atomic mass is 16.5. The number of furan rings is 1. The van der Waals surface area contributed by atoms with Crippen LogP contribution in [0.3, 0.4) is 0 Å². The number of hydrazone groups is 1. The number of nitrogens with zero attached hydrogens (tertiary/aromatic N) is 1. The first kappa shape index (κ1) is 21.8. The summed E-state index contributed by atoms with van der Waals surface area (Å²) >= 11 is 0. The standard InChI is InChI=1S/C24H24N2O5/c1-16(22-14-21(31-17(22)2)12-13-23(27)28)25-26-24(29)19-10-8-18(9-11-19)15-30-20-6-4-3-5-7-20/h3-11,14H,12-13,15H2,1-2H3,(H,26,29)(H,27,28)/p-1/b25-16-. The minimum absolute atomic E-state index is 0.119. The lowest BCUT2D eigenvalue weighted by molar-refractivity contribution is -0.305. The average Bonchev–Trinajstić information content (AvgIpc) is 3.16. The number of benzene rings is 2. The lowest BCUT2D eigenvalue weighted by atomic mass is 10.1. The van der Waals surface area contributed by atoms with Crippen molar-refractivity contribution in [1.82, 2.24) is 5.43 Å². The zero-order valence-corrected chi connectivity index (χ0v) is 17.4. The normalized spacial score (nSPS) is 11.2. The summed E-state index contributed by atoms with van der Waals surface area (Å²) in [4.78, 5) is 23.0. The molecule has 0 spiro atoms. The Hall–Kier alpha value is -3.87. The molecule has 7 nitrogen and oxygen atoms in total. The third-order valence-electron chi connectivity index (χ3n) is 4.62. The number of aryl methyl sites for hydroxylation is 2. The second-order valence-corrected chi connectivity index (χ2v) is 6.99. The van der Waals surface area contributed by atoms with Crippen molar-refractivity contribution < 1.29 is 23.8 Å². The van der Waals surface area contributed by atoms with Crippen molar-refractivity contribution in [2.75, 3.05) is 0 Å². The number of para-hydroxylation sites is 1. The molecule has 31 heavy (non-hydrogen) atoms. The topological polar surface area (TPSA) is 104 Å². The number of carboxylic acid groups (broad SMARTS) is 1. The molecule has 2 aromatic carbocycles. The van der Waals surface area contributed by atoms with Gasteiger partial charge in [-0.2, -0.15) is 5.10 Å². The Morgan fingerprint density at radius 2 is 1.81 bits per heavy atom. The Labute approximate surface area is 180 Å². The lowest BCUT2D eigenvalue weighted by Crippen LogP contribution is -2.22. The molecule has 1 N–H and O–H groups in total. The van der Waals surface area contributed by atoms with E-state index < -0.39 is 5.97 Å². The molecule has 0 unspecified atom stereocenters. The molecule has 7 heteroatoms. The SMILES string of the molecule is C/C(=N/NC(=O)c1ccc(COc2ccccc2)cc1)c1cc(CCC(=O)[O-])oc1C. The fraction of sp³-hybridized carbons (Fsp3) is 0.208. The van der Waals surface area contributed by atoms with E-state index in [-0.39, 0.29) is 18.7 Å². The molecule has 1 aromatic heterocycles. The van der Waals surface area contributed by atoms with Gasteiger partial charge in [0.05, 0.1) is 5.71 Å². The van der Waals surface area contributed by atoms with Crippen LogP contribution in [0, 0.1) is 6.92 Å². The van der Waals surface area contributed by atoms with Crippen molar-refractivity contribution in [3.05, 3.63) is 88.9 Å². The van der Waals surface area contributed by atoms with Crippen molar-refractivity contribution >= 4 is 17.6 Å². The number of ether oxygens (including phenoxy) is 1. The van der Waals surface area contributed by atoms with Crippen LogP contribution in [0.5, 0.6) is 5.75 Å². The van der Waals surface area contributed by atoms with E-state index in [1.807, 2.05) is 42.5 Å². The largest absolute Gasteiger partial charge is 0.550 e. The van der Waals surface area contributed by atoms with Gasteiger partial charge in [-0.25, -0.2) is 5.43 Å². The maximum absolute atomic E-state index is 12.4. The van der Waals surface area contributed by atoms with Gasteiger partial charge in [0, 0.05) is 23.5 Å². The summed E-state index contributed by atoms with van der Waals surface area (Å²) in [5.41, 5.74) is 5.21. The summed E-state index contributed by atoms with van der Waals surface area (Å²) in [7, 11) is 0. The number of aliphatic carboxylic acids is 1. The molecule has 0 saturated carbocycles. The molecule has 0 radical (unpaired) electrons. The number of hydrogen-bond donors (Lipinski definition) is 1. The molecule has 0 aliphatic heterocycles. The molecule has 0 bridgehead atoms. The zero-order valence-electron chi connectivity index (χ0n) is 17.4. The molecule has 0 aliphatic rings. The molecule has 1 amide bonds. The Bertz CT molecular complexity index is 1070. The fourth-order valence-corrected chi connectivity index (χ4v) is 2.95. The summed E-state index contributed by atoms with van der Waals surface area (Å²) in [6, 6.07) is 18.3. The van der Waals surface area contributed by atoms with Crippen LogP contribution in [0.15, 0.2) is 70.2 Å². The number of carbonyl (C=O) groups is 2. The number of carboxylic acids is 1. The van der Waals surface area contributed by atoms with Gasteiger partial charge in [0.2, 0.25) is 0 Å².